The van der Waals surface area contributed by atoms with E-state index < -0.39 is 9.84 Å². The fourth-order valence-electron chi connectivity index (χ4n) is 4.00. The lowest BCUT2D eigenvalue weighted by Gasteiger charge is -2.43. The monoisotopic (exact) mass is 364 g/mol. The molecule has 2 atom stereocenters. The molecule has 4 rings (SSSR count). The number of rotatable bonds is 4. The molecule has 0 bridgehead atoms. The van der Waals surface area contributed by atoms with Crippen molar-refractivity contribution in [3.8, 4) is 0 Å². The molecule has 4 heterocycles. The molecular formula is C17H24N4O3S. The lowest BCUT2D eigenvalue weighted by atomic mass is 10.0. The van der Waals surface area contributed by atoms with Crippen LogP contribution in [0.2, 0.25) is 0 Å². The Hall–Kier alpha value is -1.64. The average molecular weight is 364 g/mol. The fraction of sp³-hybridized carbons (Fsp3) is 0.588. The molecule has 0 radical (unpaired) electrons. The summed E-state index contributed by atoms with van der Waals surface area (Å²) in [6.07, 6.45) is 1.70. The summed E-state index contributed by atoms with van der Waals surface area (Å²) in [5, 5.41) is 0. The van der Waals surface area contributed by atoms with Crippen molar-refractivity contribution in [1.82, 2.24) is 19.8 Å². The molecule has 136 valence electrons. The first-order valence-electron chi connectivity index (χ1n) is 8.64. The molecule has 2 saturated heterocycles. The molecule has 0 aromatic carbocycles. The predicted octanol–water partition coefficient (Wildman–Crippen LogP) is 1.10. The number of hydrogen-bond donors (Lipinski definition) is 1. The van der Waals surface area contributed by atoms with Crippen molar-refractivity contribution in [3.63, 3.8) is 0 Å². The van der Waals surface area contributed by atoms with E-state index in [0.29, 0.717) is 13.1 Å². The molecule has 25 heavy (non-hydrogen) atoms. The minimum Gasteiger partial charge on any atom is -0.465 e. The minimum absolute atomic E-state index is 0.0170. The summed E-state index contributed by atoms with van der Waals surface area (Å²) < 4.78 is 30.3. The van der Waals surface area contributed by atoms with Gasteiger partial charge in [0.15, 0.2) is 9.84 Å². The molecule has 2 aliphatic rings. The lowest BCUT2D eigenvalue weighted by molar-refractivity contribution is 0.0308. The van der Waals surface area contributed by atoms with Gasteiger partial charge in [-0.2, -0.15) is 0 Å². The summed E-state index contributed by atoms with van der Waals surface area (Å²) in [6, 6.07) is 3.97. The van der Waals surface area contributed by atoms with E-state index in [4.69, 9.17) is 4.42 Å². The number of aromatic amines is 1. The van der Waals surface area contributed by atoms with Crippen molar-refractivity contribution in [2.75, 3.05) is 24.6 Å². The number of piperazine rings is 1. The highest BCUT2D eigenvalue weighted by molar-refractivity contribution is 7.91. The van der Waals surface area contributed by atoms with Gasteiger partial charge in [-0.3, -0.25) is 9.80 Å². The van der Waals surface area contributed by atoms with Crippen molar-refractivity contribution in [3.05, 3.63) is 41.4 Å². The Balaban J connectivity index is 1.54. The average Bonchev–Trinajstić information content (AvgIpc) is 3.21. The van der Waals surface area contributed by atoms with Crippen LogP contribution in [0.5, 0.6) is 0 Å². The molecule has 1 N–H and O–H groups in total. The molecule has 0 spiro atoms. The maximum absolute atomic E-state index is 12.3. The molecule has 0 saturated carbocycles. The zero-order valence-electron chi connectivity index (χ0n) is 14.6. The Morgan fingerprint density at radius 2 is 1.84 bits per heavy atom. The van der Waals surface area contributed by atoms with E-state index >= 15 is 0 Å². The number of aryl methyl sites for hydroxylation is 2. The van der Waals surface area contributed by atoms with Crippen LogP contribution in [-0.4, -0.2) is 64.9 Å². The predicted molar refractivity (Wildman–Crippen MR) is 93.8 cm³/mol. The summed E-state index contributed by atoms with van der Waals surface area (Å²) in [6.45, 7) is 6.96. The van der Waals surface area contributed by atoms with Crippen LogP contribution in [-0.2, 0) is 22.9 Å². The number of furan rings is 1. The number of H-pyrrole nitrogens is 1. The number of hydrogen-bond acceptors (Lipinski definition) is 6. The highest BCUT2D eigenvalue weighted by atomic mass is 32.2. The van der Waals surface area contributed by atoms with Gasteiger partial charge in [-0.25, -0.2) is 13.4 Å². The maximum Gasteiger partial charge on any atom is 0.153 e. The van der Waals surface area contributed by atoms with Crippen molar-refractivity contribution in [2.45, 2.75) is 39.0 Å². The quantitative estimate of drug-likeness (QED) is 0.875. The van der Waals surface area contributed by atoms with E-state index in [0.717, 1.165) is 36.0 Å². The molecular weight excluding hydrogens is 340 g/mol. The summed E-state index contributed by atoms with van der Waals surface area (Å²) >= 11 is 0. The van der Waals surface area contributed by atoms with Crippen LogP contribution >= 0.6 is 0 Å². The van der Waals surface area contributed by atoms with E-state index in [1.165, 1.54) is 0 Å². The van der Waals surface area contributed by atoms with Crippen molar-refractivity contribution >= 4 is 9.84 Å². The number of nitrogens with one attached hydrogen (secondary N) is 1. The molecule has 2 fully saturated rings. The van der Waals surface area contributed by atoms with Crippen LogP contribution in [0.15, 0.2) is 22.9 Å². The normalized spacial score (nSPS) is 26.8. The highest BCUT2D eigenvalue weighted by Crippen LogP contribution is 2.29. The summed E-state index contributed by atoms with van der Waals surface area (Å²) in [5.41, 5.74) is 2.05. The number of nitrogens with zero attached hydrogens (tertiary/aromatic N) is 3. The minimum atomic E-state index is -3.01. The third-order valence-electron chi connectivity index (χ3n) is 5.35. The van der Waals surface area contributed by atoms with Crippen LogP contribution in [0.4, 0.5) is 0 Å². The first kappa shape index (κ1) is 16.8. The van der Waals surface area contributed by atoms with E-state index in [-0.39, 0.29) is 23.6 Å². The van der Waals surface area contributed by atoms with Gasteiger partial charge in [0.05, 0.1) is 30.1 Å². The largest absolute Gasteiger partial charge is 0.465 e. The molecule has 2 aliphatic heterocycles. The third kappa shape index (κ3) is 3.38. The van der Waals surface area contributed by atoms with Gasteiger partial charge in [-0.15, -0.1) is 0 Å². The Morgan fingerprint density at radius 1 is 1.16 bits per heavy atom. The molecule has 2 aromatic heterocycles. The van der Waals surface area contributed by atoms with Gasteiger partial charge >= 0.3 is 0 Å². The Morgan fingerprint density at radius 3 is 2.40 bits per heavy atom. The lowest BCUT2D eigenvalue weighted by Crippen LogP contribution is -2.58. The number of fused-ring (bicyclic) bond motifs is 1. The van der Waals surface area contributed by atoms with Gasteiger partial charge in [-0.05, 0) is 26.0 Å². The van der Waals surface area contributed by atoms with Crippen molar-refractivity contribution < 1.29 is 12.8 Å². The summed E-state index contributed by atoms with van der Waals surface area (Å²) in [5.74, 6) is 2.25. The summed E-state index contributed by atoms with van der Waals surface area (Å²) in [7, 11) is -3.01. The second-order valence-corrected chi connectivity index (χ2v) is 9.29. The standard InChI is InChI=1S/C17H24N4O3S/c1-12-3-4-14(24-12)7-20-5-6-21(8-15-13(2)18-11-19-15)17-10-25(22,23)9-16(17)20/h3-4,11,16-17H,5-10H2,1-2H3,(H,18,19)/t16-,17+/m1/s1. The van der Waals surface area contributed by atoms with Gasteiger partial charge in [0.2, 0.25) is 0 Å². The first-order chi connectivity index (χ1) is 11.9. The molecule has 7 nitrogen and oxygen atoms in total. The van der Waals surface area contributed by atoms with E-state index in [1.807, 2.05) is 26.0 Å². The van der Waals surface area contributed by atoms with Gasteiger partial charge < -0.3 is 9.40 Å². The maximum atomic E-state index is 12.3. The van der Waals surface area contributed by atoms with E-state index in [2.05, 4.69) is 19.8 Å². The molecule has 0 amide bonds. The molecule has 2 aromatic rings. The molecule has 0 aliphatic carbocycles. The fourth-order valence-corrected chi connectivity index (χ4v) is 6.04. The van der Waals surface area contributed by atoms with Crippen LogP contribution < -0.4 is 0 Å². The number of sulfone groups is 1. The second kappa shape index (κ2) is 6.26. The van der Waals surface area contributed by atoms with Crippen molar-refractivity contribution in [1.29, 1.82) is 0 Å². The Kier molecular flexibility index (Phi) is 4.21. The van der Waals surface area contributed by atoms with Gasteiger partial charge in [0.1, 0.15) is 11.5 Å². The van der Waals surface area contributed by atoms with Crippen LogP contribution in [0.3, 0.4) is 0 Å². The Bertz CT molecular complexity index is 857. The van der Waals surface area contributed by atoms with Crippen LogP contribution in [0.25, 0.3) is 0 Å². The van der Waals surface area contributed by atoms with Crippen LogP contribution in [0.1, 0.15) is 22.9 Å². The van der Waals surface area contributed by atoms with Crippen LogP contribution in [0, 0.1) is 13.8 Å². The van der Waals surface area contributed by atoms with Gasteiger partial charge in [0.25, 0.3) is 0 Å². The molecule has 0 unspecified atom stereocenters. The number of aromatic nitrogens is 2. The zero-order chi connectivity index (χ0) is 17.6. The van der Waals surface area contributed by atoms with E-state index in [9.17, 15) is 8.42 Å². The van der Waals surface area contributed by atoms with Gasteiger partial charge in [0, 0.05) is 37.4 Å². The zero-order valence-corrected chi connectivity index (χ0v) is 15.4. The Labute approximate surface area is 147 Å². The first-order valence-corrected chi connectivity index (χ1v) is 10.5. The van der Waals surface area contributed by atoms with Crippen molar-refractivity contribution in [2.24, 2.45) is 0 Å². The van der Waals surface area contributed by atoms with Gasteiger partial charge in [-0.1, -0.05) is 0 Å². The smallest absolute Gasteiger partial charge is 0.153 e. The SMILES string of the molecule is Cc1ccc(CN2CCN(Cc3nc[nH]c3C)[C@H]3CS(=O)(=O)C[C@H]32)o1. The molecule has 8 heteroatoms. The topological polar surface area (TPSA) is 82.4 Å². The third-order valence-corrected chi connectivity index (χ3v) is 7.05. The van der Waals surface area contributed by atoms with E-state index in [1.54, 1.807) is 6.33 Å². The second-order valence-electron chi connectivity index (χ2n) is 7.14. The number of imidazole rings is 1. The summed E-state index contributed by atoms with van der Waals surface area (Å²) in [4.78, 5) is 12.0. The highest BCUT2D eigenvalue weighted by Gasteiger charge is 2.46.